The molecule has 0 amide bonds. The Kier molecular flexibility index (Phi) is 3.97. The summed E-state index contributed by atoms with van der Waals surface area (Å²) in [6, 6.07) is 3.82. The van der Waals surface area contributed by atoms with Crippen molar-refractivity contribution in [3.05, 3.63) is 22.2 Å². The van der Waals surface area contributed by atoms with Crippen molar-refractivity contribution >= 4 is 28.5 Å². The first-order valence-electron chi connectivity index (χ1n) is 8.39. The van der Waals surface area contributed by atoms with E-state index in [0.717, 1.165) is 25.9 Å². The number of rotatable bonds is 3. The number of aromatic nitrogens is 1. The normalized spacial score (nSPS) is 19.0. The van der Waals surface area contributed by atoms with Crippen LogP contribution in [0, 0.1) is 10.1 Å². The molecular weight excluding hydrogens is 312 g/mol. The van der Waals surface area contributed by atoms with E-state index in [9.17, 15) is 10.1 Å². The van der Waals surface area contributed by atoms with E-state index in [4.69, 9.17) is 9.15 Å². The number of nitrogens with zero attached hydrogens (tertiary/aromatic N) is 4. The van der Waals surface area contributed by atoms with Crippen LogP contribution in [0.4, 0.5) is 17.4 Å². The zero-order valence-corrected chi connectivity index (χ0v) is 13.4. The third-order valence-corrected chi connectivity index (χ3v) is 4.65. The number of piperidine rings is 1. The predicted molar refractivity (Wildman–Crippen MR) is 89.8 cm³/mol. The van der Waals surface area contributed by atoms with Crippen molar-refractivity contribution in [2.45, 2.75) is 19.3 Å². The molecule has 0 radical (unpaired) electrons. The topological polar surface area (TPSA) is 84.9 Å². The van der Waals surface area contributed by atoms with Gasteiger partial charge in [0.1, 0.15) is 11.2 Å². The summed E-state index contributed by atoms with van der Waals surface area (Å²) in [5, 5.41) is 11.5. The maximum atomic E-state index is 11.5. The van der Waals surface area contributed by atoms with Gasteiger partial charge in [0.15, 0.2) is 5.58 Å². The van der Waals surface area contributed by atoms with Crippen molar-refractivity contribution in [1.82, 2.24) is 4.98 Å². The van der Waals surface area contributed by atoms with Crippen LogP contribution in [0.3, 0.4) is 0 Å². The van der Waals surface area contributed by atoms with Crippen LogP contribution in [-0.4, -0.2) is 49.3 Å². The lowest BCUT2D eigenvalue weighted by Crippen LogP contribution is -2.36. The zero-order chi connectivity index (χ0) is 16.5. The summed E-state index contributed by atoms with van der Waals surface area (Å²) in [6.07, 6.45) is 3.30. The lowest BCUT2D eigenvalue weighted by Gasteiger charge is -2.28. The second kappa shape index (κ2) is 6.27. The highest BCUT2D eigenvalue weighted by atomic mass is 16.6. The van der Waals surface area contributed by atoms with Gasteiger partial charge in [-0.25, -0.2) is 0 Å². The van der Waals surface area contributed by atoms with Gasteiger partial charge in [-0.3, -0.25) is 10.1 Å². The molecular formula is C16H20N4O4. The first kappa shape index (κ1) is 15.2. The Hall–Kier alpha value is -2.35. The Balaban J connectivity index is 1.74. The molecule has 0 N–H and O–H groups in total. The van der Waals surface area contributed by atoms with E-state index in [2.05, 4.69) is 9.88 Å². The Morgan fingerprint density at radius 2 is 1.79 bits per heavy atom. The van der Waals surface area contributed by atoms with Gasteiger partial charge in [0.05, 0.1) is 24.2 Å². The second-order valence-corrected chi connectivity index (χ2v) is 6.21. The number of anilines is 2. The summed E-state index contributed by atoms with van der Waals surface area (Å²) in [6.45, 7) is 4.40. The van der Waals surface area contributed by atoms with Gasteiger partial charge in [-0.2, -0.15) is 4.98 Å². The lowest BCUT2D eigenvalue weighted by molar-refractivity contribution is -0.384. The van der Waals surface area contributed by atoms with Crippen molar-refractivity contribution in [1.29, 1.82) is 0 Å². The van der Waals surface area contributed by atoms with Crippen LogP contribution in [-0.2, 0) is 4.74 Å². The number of morpholine rings is 1. The van der Waals surface area contributed by atoms with Gasteiger partial charge in [-0.1, -0.05) is 0 Å². The number of hydrogen-bond donors (Lipinski definition) is 0. The number of ether oxygens (including phenoxy) is 1. The van der Waals surface area contributed by atoms with Crippen molar-refractivity contribution in [3.63, 3.8) is 0 Å². The van der Waals surface area contributed by atoms with Crippen molar-refractivity contribution in [2.24, 2.45) is 0 Å². The van der Waals surface area contributed by atoms with Crippen LogP contribution in [0.1, 0.15) is 19.3 Å². The highest BCUT2D eigenvalue weighted by Crippen LogP contribution is 2.36. The van der Waals surface area contributed by atoms with Crippen LogP contribution in [0.2, 0.25) is 0 Å². The first-order valence-corrected chi connectivity index (χ1v) is 8.39. The van der Waals surface area contributed by atoms with Crippen molar-refractivity contribution in [3.8, 4) is 0 Å². The number of hydrogen-bond acceptors (Lipinski definition) is 7. The number of oxazole rings is 1. The number of benzene rings is 1. The van der Waals surface area contributed by atoms with Gasteiger partial charge in [-0.15, -0.1) is 0 Å². The minimum atomic E-state index is -0.333. The van der Waals surface area contributed by atoms with E-state index >= 15 is 0 Å². The maximum absolute atomic E-state index is 11.5. The number of fused-ring (bicyclic) bond motifs is 1. The average Bonchev–Trinajstić information content (AvgIpc) is 3.05. The van der Waals surface area contributed by atoms with E-state index < -0.39 is 0 Å². The van der Waals surface area contributed by atoms with E-state index in [-0.39, 0.29) is 10.6 Å². The molecule has 2 saturated heterocycles. The second-order valence-electron chi connectivity index (χ2n) is 6.21. The Morgan fingerprint density at radius 1 is 1.04 bits per heavy atom. The molecule has 0 aliphatic carbocycles. The third kappa shape index (κ3) is 2.77. The summed E-state index contributed by atoms with van der Waals surface area (Å²) in [7, 11) is 0. The standard InChI is InChI=1S/C16H20N4O4/c21-20(22)14-11-15-12(10-13(14)18-4-2-1-3-5-18)17-16(24-15)19-6-8-23-9-7-19/h10-11H,1-9H2. The molecule has 0 saturated carbocycles. The number of nitro groups is 1. The summed E-state index contributed by atoms with van der Waals surface area (Å²) in [4.78, 5) is 19.8. The van der Waals surface area contributed by atoms with Crippen LogP contribution in [0.5, 0.6) is 0 Å². The largest absolute Gasteiger partial charge is 0.423 e. The fraction of sp³-hybridized carbons (Fsp3) is 0.562. The first-order chi connectivity index (χ1) is 11.7. The van der Waals surface area contributed by atoms with Crippen molar-refractivity contribution < 1.29 is 14.1 Å². The molecule has 4 rings (SSSR count). The average molecular weight is 332 g/mol. The fourth-order valence-electron chi connectivity index (χ4n) is 3.36. The van der Waals surface area contributed by atoms with Gasteiger partial charge >= 0.3 is 0 Å². The van der Waals surface area contributed by atoms with E-state index in [1.54, 1.807) is 6.07 Å². The molecule has 0 spiro atoms. The predicted octanol–water partition coefficient (Wildman–Crippen LogP) is 2.56. The van der Waals surface area contributed by atoms with Gasteiger partial charge < -0.3 is 19.0 Å². The summed E-state index contributed by atoms with van der Waals surface area (Å²) in [5.41, 5.74) is 1.87. The lowest BCUT2D eigenvalue weighted by atomic mass is 10.1. The quantitative estimate of drug-likeness (QED) is 0.631. The molecule has 2 aliphatic rings. The minimum Gasteiger partial charge on any atom is -0.423 e. The SMILES string of the molecule is O=[N+]([O-])c1cc2oc(N3CCOCC3)nc2cc1N1CCCCC1. The van der Waals surface area contributed by atoms with Crippen LogP contribution in [0.25, 0.3) is 11.1 Å². The molecule has 2 aliphatic heterocycles. The molecule has 8 heteroatoms. The molecule has 2 fully saturated rings. The summed E-state index contributed by atoms with van der Waals surface area (Å²) >= 11 is 0. The molecule has 1 aromatic carbocycles. The minimum absolute atomic E-state index is 0.0917. The van der Waals surface area contributed by atoms with Gasteiger partial charge in [0.2, 0.25) is 0 Å². The molecule has 24 heavy (non-hydrogen) atoms. The summed E-state index contributed by atoms with van der Waals surface area (Å²) in [5.74, 6) is 0. The maximum Gasteiger partial charge on any atom is 0.298 e. The third-order valence-electron chi connectivity index (χ3n) is 4.65. The molecule has 0 bridgehead atoms. The molecule has 0 unspecified atom stereocenters. The molecule has 3 heterocycles. The van der Waals surface area contributed by atoms with Gasteiger partial charge in [0, 0.05) is 26.2 Å². The molecule has 8 nitrogen and oxygen atoms in total. The molecule has 1 aromatic heterocycles. The molecule has 2 aromatic rings. The number of nitro benzene ring substituents is 1. The Labute approximate surface area is 139 Å². The van der Waals surface area contributed by atoms with Crippen LogP contribution >= 0.6 is 0 Å². The Morgan fingerprint density at radius 3 is 2.50 bits per heavy atom. The van der Waals surface area contributed by atoms with Crippen molar-refractivity contribution in [2.75, 3.05) is 49.2 Å². The fourth-order valence-corrected chi connectivity index (χ4v) is 3.36. The van der Waals surface area contributed by atoms with Gasteiger partial charge in [-0.05, 0) is 25.3 Å². The Bertz CT molecular complexity index is 748. The van der Waals surface area contributed by atoms with Gasteiger partial charge in [0.25, 0.3) is 11.7 Å². The van der Waals surface area contributed by atoms with E-state index in [0.29, 0.717) is 49.1 Å². The van der Waals surface area contributed by atoms with Crippen LogP contribution < -0.4 is 9.80 Å². The smallest absolute Gasteiger partial charge is 0.298 e. The molecule has 128 valence electrons. The van der Waals surface area contributed by atoms with E-state index in [1.807, 2.05) is 4.90 Å². The monoisotopic (exact) mass is 332 g/mol. The zero-order valence-electron chi connectivity index (χ0n) is 13.4. The molecule has 0 atom stereocenters. The highest BCUT2D eigenvalue weighted by molar-refractivity contribution is 5.85. The van der Waals surface area contributed by atoms with E-state index in [1.165, 1.54) is 12.5 Å². The highest BCUT2D eigenvalue weighted by Gasteiger charge is 2.25. The summed E-state index contributed by atoms with van der Waals surface area (Å²) < 4.78 is 11.1. The van der Waals surface area contributed by atoms with Crippen LogP contribution in [0.15, 0.2) is 16.5 Å².